The minimum absolute atomic E-state index is 0.0582. The molecule has 34 heavy (non-hydrogen) atoms. The maximum absolute atomic E-state index is 13.5. The first-order valence-electron chi connectivity index (χ1n) is 12.6. The highest BCUT2D eigenvalue weighted by Gasteiger charge is 2.38. The van der Waals surface area contributed by atoms with Gasteiger partial charge >= 0.3 is 0 Å². The normalized spacial score (nSPS) is 23.5. The Bertz CT molecular complexity index is 1190. The molecule has 0 unspecified atom stereocenters. The Morgan fingerprint density at radius 3 is 2.44 bits per heavy atom. The number of hydrogen-bond acceptors (Lipinski definition) is 5. The van der Waals surface area contributed by atoms with Crippen molar-refractivity contribution >= 4 is 22.4 Å². The zero-order chi connectivity index (χ0) is 23.1. The summed E-state index contributed by atoms with van der Waals surface area (Å²) in [6, 6.07) is 14.8. The van der Waals surface area contributed by atoms with Gasteiger partial charge in [0.1, 0.15) is 0 Å². The molecule has 2 aliphatic heterocycles. The Morgan fingerprint density at radius 2 is 1.68 bits per heavy atom. The number of hydrogen-bond donors (Lipinski definition) is 1. The first-order valence-corrected chi connectivity index (χ1v) is 12.6. The maximum Gasteiger partial charge on any atom is 0.254 e. The lowest BCUT2D eigenvalue weighted by Gasteiger charge is -2.36. The number of piperazine rings is 1. The molecule has 2 fully saturated rings. The fraction of sp³-hybridized carbons (Fsp3) is 0.429. The van der Waals surface area contributed by atoms with Crippen LogP contribution in [0.3, 0.4) is 0 Å². The van der Waals surface area contributed by atoms with Gasteiger partial charge < -0.3 is 14.9 Å². The number of aliphatic hydroxyl groups is 1. The highest BCUT2D eigenvalue weighted by Crippen LogP contribution is 2.37. The molecular formula is C28H32N4O2. The number of amides is 1. The second kappa shape index (κ2) is 9.01. The molecule has 1 amide bonds. The summed E-state index contributed by atoms with van der Waals surface area (Å²) in [6.45, 7) is 5.40. The van der Waals surface area contributed by atoms with Crippen LogP contribution in [-0.2, 0) is 13.1 Å². The van der Waals surface area contributed by atoms with E-state index >= 15 is 0 Å². The average Bonchev–Trinajstić information content (AvgIpc) is 3.21. The molecule has 3 aliphatic rings. The maximum atomic E-state index is 13.5. The summed E-state index contributed by atoms with van der Waals surface area (Å²) in [4.78, 5) is 24.5. The van der Waals surface area contributed by atoms with Gasteiger partial charge in [0.15, 0.2) is 0 Å². The number of carbonyl (C=O) groups is 1. The Labute approximate surface area is 200 Å². The number of nitrogens with zero attached hydrogens (tertiary/aromatic N) is 4. The average molecular weight is 457 g/mol. The van der Waals surface area contributed by atoms with Gasteiger partial charge in [-0.15, -0.1) is 0 Å². The van der Waals surface area contributed by atoms with Crippen molar-refractivity contribution in [2.24, 2.45) is 0 Å². The molecule has 0 spiro atoms. The first kappa shape index (κ1) is 21.6. The Kier molecular flexibility index (Phi) is 5.71. The number of carbonyl (C=O) groups excluding carboxylic acids is 1. The molecule has 2 atom stereocenters. The number of pyridine rings is 1. The molecule has 0 bridgehead atoms. The van der Waals surface area contributed by atoms with Crippen LogP contribution in [-0.4, -0.2) is 64.1 Å². The Hall–Kier alpha value is -2.96. The molecule has 1 N–H and O–H groups in total. The monoisotopic (exact) mass is 456 g/mol. The van der Waals surface area contributed by atoms with E-state index in [2.05, 4.69) is 57.2 Å². The summed E-state index contributed by atoms with van der Waals surface area (Å²) in [6.07, 6.45) is 7.12. The minimum Gasteiger partial charge on any atom is -0.391 e. The fourth-order valence-corrected chi connectivity index (χ4v) is 6.08. The largest absolute Gasteiger partial charge is 0.391 e. The van der Waals surface area contributed by atoms with E-state index in [1.807, 2.05) is 17.3 Å². The summed E-state index contributed by atoms with van der Waals surface area (Å²) in [5, 5.41) is 13.0. The number of anilines is 1. The molecule has 6 rings (SSSR count). The van der Waals surface area contributed by atoms with Crippen LogP contribution in [0.4, 0.5) is 5.69 Å². The lowest BCUT2D eigenvalue weighted by Crippen LogP contribution is -2.46. The van der Waals surface area contributed by atoms with Crippen molar-refractivity contribution < 1.29 is 9.90 Å². The van der Waals surface area contributed by atoms with E-state index in [1.165, 1.54) is 22.0 Å². The summed E-state index contributed by atoms with van der Waals surface area (Å²) >= 11 is 0. The van der Waals surface area contributed by atoms with Crippen LogP contribution >= 0.6 is 0 Å². The van der Waals surface area contributed by atoms with Crippen LogP contribution in [0, 0.1) is 0 Å². The molecule has 1 saturated heterocycles. The van der Waals surface area contributed by atoms with Crippen LogP contribution in [0.25, 0.3) is 10.8 Å². The third kappa shape index (κ3) is 3.85. The Morgan fingerprint density at radius 1 is 0.941 bits per heavy atom. The molecule has 6 nitrogen and oxygen atoms in total. The Balaban J connectivity index is 1.25. The standard InChI is InChI=1S/C28H32N4O2/c33-27-8-4-3-7-26(27)32-19-25-23-6-2-1-5-22(23)20(17-24(25)28(32)34)18-30-13-15-31(16-14-30)21-9-11-29-12-10-21/h1-2,5-6,9-12,17,26-27,33H,3-4,7-8,13-16,18-19H2/t26-,27-/m0/s1. The van der Waals surface area contributed by atoms with Crippen molar-refractivity contribution in [1.82, 2.24) is 14.8 Å². The molecule has 176 valence electrons. The molecule has 1 saturated carbocycles. The molecule has 1 aliphatic carbocycles. The summed E-state index contributed by atoms with van der Waals surface area (Å²) in [5.41, 5.74) is 4.42. The zero-order valence-corrected chi connectivity index (χ0v) is 19.6. The van der Waals surface area contributed by atoms with Crippen molar-refractivity contribution in [2.45, 2.75) is 50.9 Å². The molecule has 3 aromatic rings. The number of benzene rings is 2. The van der Waals surface area contributed by atoms with Gasteiger partial charge in [-0.25, -0.2) is 0 Å². The number of aliphatic hydroxyl groups excluding tert-OH is 1. The van der Waals surface area contributed by atoms with Crippen LogP contribution in [0.1, 0.15) is 47.2 Å². The van der Waals surface area contributed by atoms with Gasteiger partial charge in [-0.05, 0) is 52.9 Å². The minimum atomic E-state index is -0.408. The van der Waals surface area contributed by atoms with Crippen LogP contribution in [0.15, 0.2) is 54.9 Å². The third-order valence-corrected chi connectivity index (χ3v) is 7.95. The highest BCUT2D eigenvalue weighted by molar-refractivity contribution is 6.05. The molecular weight excluding hydrogens is 424 g/mol. The number of rotatable bonds is 4. The van der Waals surface area contributed by atoms with Gasteiger partial charge in [-0.2, -0.15) is 0 Å². The van der Waals surface area contributed by atoms with Gasteiger partial charge in [-0.1, -0.05) is 37.1 Å². The molecule has 3 heterocycles. The van der Waals surface area contributed by atoms with Crippen molar-refractivity contribution in [1.29, 1.82) is 0 Å². The van der Waals surface area contributed by atoms with E-state index in [-0.39, 0.29) is 11.9 Å². The van der Waals surface area contributed by atoms with E-state index in [0.717, 1.165) is 69.5 Å². The molecule has 0 radical (unpaired) electrons. The van der Waals surface area contributed by atoms with E-state index in [0.29, 0.717) is 6.54 Å². The van der Waals surface area contributed by atoms with Crippen molar-refractivity contribution in [3.63, 3.8) is 0 Å². The summed E-state index contributed by atoms with van der Waals surface area (Å²) in [7, 11) is 0. The van der Waals surface area contributed by atoms with Gasteiger partial charge in [0.25, 0.3) is 5.91 Å². The van der Waals surface area contributed by atoms with Crippen molar-refractivity contribution in [2.75, 3.05) is 31.1 Å². The van der Waals surface area contributed by atoms with E-state index < -0.39 is 6.10 Å². The van der Waals surface area contributed by atoms with Gasteiger partial charge in [-0.3, -0.25) is 14.7 Å². The van der Waals surface area contributed by atoms with E-state index in [4.69, 9.17) is 0 Å². The second-order valence-electron chi connectivity index (χ2n) is 9.93. The van der Waals surface area contributed by atoms with Crippen molar-refractivity contribution in [3.05, 3.63) is 71.5 Å². The van der Waals surface area contributed by atoms with Crippen LogP contribution < -0.4 is 4.90 Å². The van der Waals surface area contributed by atoms with Gasteiger partial charge in [0, 0.05) is 62.9 Å². The highest BCUT2D eigenvalue weighted by atomic mass is 16.3. The van der Waals surface area contributed by atoms with Gasteiger partial charge in [0.05, 0.1) is 12.1 Å². The van der Waals surface area contributed by atoms with Gasteiger partial charge in [0.2, 0.25) is 0 Å². The fourth-order valence-electron chi connectivity index (χ4n) is 6.08. The zero-order valence-electron chi connectivity index (χ0n) is 19.6. The lowest BCUT2D eigenvalue weighted by atomic mass is 9.91. The quantitative estimate of drug-likeness (QED) is 0.647. The van der Waals surface area contributed by atoms with Crippen LogP contribution in [0.2, 0.25) is 0 Å². The summed E-state index contributed by atoms with van der Waals surface area (Å²) in [5.74, 6) is 0.0930. The predicted octanol–water partition coefficient (Wildman–Crippen LogP) is 3.82. The SMILES string of the molecule is O=C1c2cc(CN3CCN(c4ccncc4)CC3)c3ccccc3c2CN1[C@H]1CCCC[C@@H]1O. The predicted molar refractivity (Wildman–Crippen MR) is 134 cm³/mol. The molecule has 2 aromatic carbocycles. The third-order valence-electron chi connectivity index (χ3n) is 7.95. The molecule has 6 heteroatoms. The summed E-state index contributed by atoms with van der Waals surface area (Å²) < 4.78 is 0. The van der Waals surface area contributed by atoms with Crippen LogP contribution in [0.5, 0.6) is 0 Å². The van der Waals surface area contributed by atoms with E-state index in [1.54, 1.807) is 0 Å². The number of fused-ring (bicyclic) bond motifs is 3. The van der Waals surface area contributed by atoms with E-state index in [9.17, 15) is 9.90 Å². The second-order valence-corrected chi connectivity index (χ2v) is 9.93. The topological polar surface area (TPSA) is 59.9 Å². The number of aromatic nitrogens is 1. The lowest BCUT2D eigenvalue weighted by molar-refractivity contribution is 0.0192. The van der Waals surface area contributed by atoms with Crippen molar-refractivity contribution in [3.8, 4) is 0 Å². The molecule has 1 aromatic heterocycles. The smallest absolute Gasteiger partial charge is 0.254 e. The first-order chi connectivity index (χ1) is 16.7.